The number of nitrogen functional groups attached to an aromatic ring is 1. The maximum atomic E-state index is 11.9. The number of benzene rings is 1. The number of sulfone groups is 1. The highest BCUT2D eigenvalue weighted by molar-refractivity contribution is 7.95. The summed E-state index contributed by atoms with van der Waals surface area (Å²) in [5.41, 5.74) is 7.77. The molecule has 1 aromatic carbocycles. The van der Waals surface area contributed by atoms with Gasteiger partial charge in [-0.25, -0.2) is 8.42 Å². The molecule has 1 aliphatic rings. The number of nitrogens with two attached hydrogens (primary N) is 1. The molecule has 1 aliphatic heterocycles. The monoisotopic (exact) mass is 252 g/mol. The molecular weight excluding hydrogens is 236 g/mol. The lowest BCUT2D eigenvalue weighted by atomic mass is 10.1. The first kappa shape index (κ1) is 12.1. The second-order valence-electron chi connectivity index (χ2n) is 4.44. The number of fused-ring (bicyclic) bond motifs is 1. The quantitative estimate of drug-likeness (QED) is 0.797. The van der Waals surface area contributed by atoms with Crippen LogP contribution in [0.4, 0.5) is 5.69 Å². The summed E-state index contributed by atoms with van der Waals surface area (Å²) in [5, 5.41) is 4.51. The zero-order valence-electron chi connectivity index (χ0n) is 9.90. The van der Waals surface area contributed by atoms with E-state index in [-0.39, 0.29) is 0 Å². The normalized spacial score (nSPS) is 17.0. The Balaban J connectivity index is 2.45. The summed E-state index contributed by atoms with van der Waals surface area (Å²) < 4.78 is 23.8. The Bertz CT molecular complexity index is 574. The minimum Gasteiger partial charge on any atom is -0.398 e. The van der Waals surface area contributed by atoms with E-state index < -0.39 is 9.84 Å². The molecule has 0 fully saturated rings. The van der Waals surface area contributed by atoms with Crippen LogP contribution in [0.2, 0.25) is 0 Å². The van der Waals surface area contributed by atoms with Crippen molar-refractivity contribution in [3.8, 4) is 0 Å². The molecule has 0 atom stereocenters. The lowest BCUT2D eigenvalue weighted by Crippen LogP contribution is -2.24. The van der Waals surface area contributed by atoms with Gasteiger partial charge in [-0.3, -0.25) is 0 Å². The number of hydrogen-bond acceptors (Lipinski definition) is 4. The molecular formula is C12H16N2O2S. The molecule has 0 saturated heterocycles. The fourth-order valence-electron chi connectivity index (χ4n) is 1.88. The maximum Gasteiger partial charge on any atom is 0.200 e. The smallest absolute Gasteiger partial charge is 0.200 e. The van der Waals surface area contributed by atoms with Gasteiger partial charge < -0.3 is 11.1 Å². The Morgan fingerprint density at radius 2 is 2.06 bits per heavy atom. The van der Waals surface area contributed by atoms with Gasteiger partial charge in [0.05, 0.1) is 4.90 Å². The van der Waals surface area contributed by atoms with E-state index in [0.717, 1.165) is 5.57 Å². The summed E-state index contributed by atoms with van der Waals surface area (Å²) in [4.78, 5) is 0.318. The molecule has 3 N–H and O–H groups in total. The van der Waals surface area contributed by atoms with Crippen molar-refractivity contribution >= 4 is 21.1 Å². The topological polar surface area (TPSA) is 72.2 Å². The number of rotatable bonds is 3. The highest BCUT2D eigenvalue weighted by Crippen LogP contribution is 2.36. The van der Waals surface area contributed by atoms with E-state index >= 15 is 0 Å². The van der Waals surface area contributed by atoms with E-state index in [2.05, 4.69) is 5.32 Å². The van der Waals surface area contributed by atoms with Gasteiger partial charge in [0.15, 0.2) is 0 Å². The van der Waals surface area contributed by atoms with E-state index in [9.17, 15) is 8.42 Å². The Morgan fingerprint density at radius 3 is 2.71 bits per heavy atom. The van der Waals surface area contributed by atoms with Crippen molar-refractivity contribution in [2.75, 3.05) is 12.3 Å². The van der Waals surface area contributed by atoms with Crippen LogP contribution in [0.5, 0.6) is 0 Å². The van der Waals surface area contributed by atoms with Crippen LogP contribution in [-0.4, -0.2) is 21.0 Å². The first-order chi connectivity index (χ1) is 7.92. The van der Waals surface area contributed by atoms with E-state index in [1.54, 1.807) is 18.2 Å². The van der Waals surface area contributed by atoms with Crippen LogP contribution in [0.25, 0.3) is 5.57 Å². The van der Waals surface area contributed by atoms with Crippen LogP contribution in [0, 0.1) is 0 Å². The van der Waals surface area contributed by atoms with E-state index in [4.69, 9.17) is 5.73 Å². The van der Waals surface area contributed by atoms with Gasteiger partial charge in [-0.15, -0.1) is 0 Å². The minimum atomic E-state index is -3.31. The van der Waals surface area contributed by atoms with Crippen molar-refractivity contribution in [3.05, 3.63) is 29.2 Å². The van der Waals surface area contributed by atoms with Crippen molar-refractivity contribution in [2.24, 2.45) is 0 Å². The van der Waals surface area contributed by atoms with Crippen molar-refractivity contribution in [1.29, 1.82) is 0 Å². The fourth-order valence-corrected chi connectivity index (χ4v) is 3.39. The molecule has 0 aromatic heterocycles. The van der Waals surface area contributed by atoms with Gasteiger partial charge in [0.2, 0.25) is 9.84 Å². The largest absolute Gasteiger partial charge is 0.398 e. The summed E-state index contributed by atoms with van der Waals surface area (Å²) in [6, 6.07) is 5.29. The third-order valence-electron chi connectivity index (χ3n) is 2.68. The molecule has 2 rings (SSSR count). The molecule has 0 radical (unpaired) electrons. The van der Waals surface area contributed by atoms with Crippen molar-refractivity contribution in [2.45, 2.75) is 24.8 Å². The summed E-state index contributed by atoms with van der Waals surface area (Å²) >= 11 is 0. The van der Waals surface area contributed by atoms with Gasteiger partial charge >= 0.3 is 0 Å². The second kappa shape index (κ2) is 4.16. The predicted molar refractivity (Wildman–Crippen MR) is 69.2 cm³/mol. The van der Waals surface area contributed by atoms with Crippen LogP contribution in [0.15, 0.2) is 28.5 Å². The van der Waals surface area contributed by atoms with Gasteiger partial charge in [-0.1, -0.05) is 19.9 Å². The first-order valence-electron chi connectivity index (χ1n) is 5.50. The molecule has 0 amide bonds. The molecule has 1 heterocycles. The zero-order valence-corrected chi connectivity index (χ0v) is 10.7. The average molecular weight is 252 g/mol. The Morgan fingerprint density at radius 1 is 1.35 bits per heavy atom. The standard InChI is InChI=1S/C12H16N2O2S/c1-8(2)14-6-9-7-17(15,16)11-5-3-4-10(13)12(9)11/h3-5,7-8,14H,6,13H2,1-2H3. The Kier molecular flexibility index (Phi) is 2.97. The van der Waals surface area contributed by atoms with Crippen LogP contribution >= 0.6 is 0 Å². The van der Waals surface area contributed by atoms with Gasteiger partial charge in [-0.2, -0.15) is 0 Å². The Hall–Kier alpha value is -1.33. The van der Waals surface area contributed by atoms with Gasteiger partial charge in [0, 0.05) is 29.2 Å². The molecule has 5 heteroatoms. The summed E-state index contributed by atoms with van der Waals surface area (Å²) in [6.45, 7) is 4.54. The summed E-state index contributed by atoms with van der Waals surface area (Å²) in [6.07, 6.45) is 0. The molecule has 0 unspecified atom stereocenters. The van der Waals surface area contributed by atoms with Crippen LogP contribution in [0.3, 0.4) is 0 Å². The van der Waals surface area contributed by atoms with Crippen molar-refractivity contribution in [3.63, 3.8) is 0 Å². The zero-order chi connectivity index (χ0) is 12.6. The van der Waals surface area contributed by atoms with Crippen molar-refractivity contribution in [1.82, 2.24) is 5.32 Å². The molecule has 92 valence electrons. The molecule has 0 spiro atoms. The molecule has 0 aliphatic carbocycles. The van der Waals surface area contributed by atoms with Crippen molar-refractivity contribution < 1.29 is 8.42 Å². The lowest BCUT2D eigenvalue weighted by Gasteiger charge is -2.11. The van der Waals surface area contributed by atoms with E-state index in [1.165, 1.54) is 5.41 Å². The second-order valence-corrected chi connectivity index (χ2v) is 6.21. The molecule has 0 bridgehead atoms. The fraction of sp³-hybridized carbons (Fsp3) is 0.333. The number of anilines is 1. The van der Waals surface area contributed by atoms with E-state index in [0.29, 0.717) is 28.7 Å². The first-order valence-corrected chi connectivity index (χ1v) is 7.04. The van der Waals surface area contributed by atoms with Crippen LogP contribution in [0.1, 0.15) is 19.4 Å². The molecule has 4 nitrogen and oxygen atoms in total. The van der Waals surface area contributed by atoms with Crippen LogP contribution < -0.4 is 11.1 Å². The predicted octanol–water partition coefficient (Wildman–Crippen LogP) is 1.39. The summed E-state index contributed by atoms with van der Waals surface area (Å²) in [5.74, 6) is 0. The summed E-state index contributed by atoms with van der Waals surface area (Å²) in [7, 11) is -3.31. The lowest BCUT2D eigenvalue weighted by molar-refractivity contribution is 0.605. The highest BCUT2D eigenvalue weighted by atomic mass is 32.2. The molecule has 17 heavy (non-hydrogen) atoms. The average Bonchev–Trinajstić information content (AvgIpc) is 2.49. The highest BCUT2D eigenvalue weighted by Gasteiger charge is 2.28. The third kappa shape index (κ3) is 2.21. The molecule has 1 aromatic rings. The third-order valence-corrected chi connectivity index (χ3v) is 4.23. The Labute approximate surface area is 101 Å². The number of nitrogens with one attached hydrogen (secondary N) is 1. The minimum absolute atomic E-state index is 0.299. The maximum absolute atomic E-state index is 11.9. The van der Waals surface area contributed by atoms with Gasteiger partial charge in [0.1, 0.15) is 0 Å². The SMILES string of the molecule is CC(C)NCC1=CS(=O)(=O)c2cccc(N)c21. The van der Waals surface area contributed by atoms with Crippen LogP contribution in [-0.2, 0) is 9.84 Å². The molecule has 0 saturated carbocycles. The van der Waals surface area contributed by atoms with E-state index in [1.807, 2.05) is 13.8 Å². The van der Waals surface area contributed by atoms with Gasteiger partial charge in [-0.05, 0) is 17.7 Å². The van der Waals surface area contributed by atoms with Gasteiger partial charge in [0.25, 0.3) is 0 Å². The number of hydrogen-bond donors (Lipinski definition) is 2.